The Kier molecular flexibility index (Phi) is 5.42. The number of aryl methyl sites for hydroxylation is 2. The zero-order valence-corrected chi connectivity index (χ0v) is 11.6. The molecule has 0 bridgehead atoms. The molecule has 0 aliphatic carbocycles. The molecule has 1 aromatic heterocycles. The van der Waals surface area contributed by atoms with Crippen molar-refractivity contribution < 1.29 is 0 Å². The van der Waals surface area contributed by atoms with Gasteiger partial charge in [0.25, 0.3) is 0 Å². The van der Waals surface area contributed by atoms with E-state index < -0.39 is 0 Å². The molecule has 1 heterocycles. The molecule has 17 heavy (non-hydrogen) atoms. The van der Waals surface area contributed by atoms with Crippen molar-refractivity contribution in [2.24, 2.45) is 0 Å². The van der Waals surface area contributed by atoms with E-state index in [0.717, 1.165) is 31.6 Å². The van der Waals surface area contributed by atoms with E-state index in [2.05, 4.69) is 48.5 Å². The van der Waals surface area contributed by atoms with Gasteiger partial charge in [0, 0.05) is 6.54 Å². The zero-order chi connectivity index (χ0) is 12.8. The van der Waals surface area contributed by atoms with Crippen molar-refractivity contribution in [3.05, 3.63) is 29.6 Å². The van der Waals surface area contributed by atoms with Gasteiger partial charge in [0.15, 0.2) is 0 Å². The fourth-order valence-corrected chi connectivity index (χ4v) is 2.06. The summed E-state index contributed by atoms with van der Waals surface area (Å²) < 4.78 is 2.09. The molecule has 0 aromatic carbocycles. The summed E-state index contributed by atoms with van der Waals surface area (Å²) in [7, 11) is 0. The predicted molar refractivity (Wildman–Crippen MR) is 73.1 cm³/mol. The summed E-state index contributed by atoms with van der Waals surface area (Å²) in [5.74, 6) is 0. The normalized spacial score (nSPS) is 12.7. The molecule has 0 aliphatic rings. The quantitative estimate of drug-likeness (QED) is 0.735. The molecular weight excluding hydrogens is 210 g/mol. The second kappa shape index (κ2) is 6.60. The lowest BCUT2D eigenvalue weighted by Gasteiger charge is -2.19. The highest BCUT2D eigenvalue weighted by molar-refractivity contribution is 5.16. The van der Waals surface area contributed by atoms with E-state index in [9.17, 15) is 0 Å². The molecule has 0 spiro atoms. The maximum absolute atomic E-state index is 4.51. The van der Waals surface area contributed by atoms with Gasteiger partial charge in [-0.25, -0.2) is 0 Å². The van der Waals surface area contributed by atoms with Gasteiger partial charge < -0.3 is 5.32 Å². The van der Waals surface area contributed by atoms with Crippen LogP contribution in [0.4, 0.5) is 0 Å². The maximum Gasteiger partial charge on any atom is 0.0597 e. The topological polar surface area (TPSA) is 29.9 Å². The van der Waals surface area contributed by atoms with Gasteiger partial charge in [-0.3, -0.25) is 4.68 Å². The number of nitrogens with one attached hydrogen (secondary N) is 1. The molecule has 96 valence electrons. The number of rotatable bonds is 7. The van der Waals surface area contributed by atoms with Gasteiger partial charge in [-0.05, 0) is 39.3 Å². The molecule has 3 heteroatoms. The highest BCUT2D eigenvalue weighted by atomic mass is 15.3. The summed E-state index contributed by atoms with van der Waals surface area (Å²) in [6, 6.07) is 2.52. The molecule has 1 unspecified atom stereocenters. The van der Waals surface area contributed by atoms with Crippen LogP contribution in [-0.2, 0) is 6.54 Å². The molecule has 1 N–H and O–H groups in total. The Bertz CT molecular complexity index is 366. The van der Waals surface area contributed by atoms with Crippen LogP contribution < -0.4 is 5.32 Å². The van der Waals surface area contributed by atoms with E-state index in [4.69, 9.17) is 0 Å². The van der Waals surface area contributed by atoms with Crippen LogP contribution in [0.1, 0.15) is 51.0 Å². The highest BCUT2D eigenvalue weighted by Gasteiger charge is 2.16. The Hall–Kier alpha value is -1.09. The van der Waals surface area contributed by atoms with E-state index >= 15 is 0 Å². The lowest BCUT2D eigenvalue weighted by molar-refractivity contribution is 0.486. The average molecular weight is 235 g/mol. The molecule has 1 atom stereocenters. The predicted octanol–water partition coefficient (Wildman–Crippen LogP) is 3.22. The summed E-state index contributed by atoms with van der Waals surface area (Å²) in [5, 5.41) is 8.04. The van der Waals surface area contributed by atoms with Crippen molar-refractivity contribution in [1.82, 2.24) is 15.1 Å². The lowest BCUT2D eigenvalue weighted by atomic mass is 10.0. The minimum atomic E-state index is 0.341. The molecular formula is C14H25N3. The molecule has 0 amide bonds. The van der Waals surface area contributed by atoms with Crippen molar-refractivity contribution >= 4 is 0 Å². The zero-order valence-electron chi connectivity index (χ0n) is 11.6. The highest BCUT2D eigenvalue weighted by Crippen LogP contribution is 2.22. The largest absolute Gasteiger partial charge is 0.309 e. The van der Waals surface area contributed by atoms with Crippen molar-refractivity contribution in [3.8, 4) is 0 Å². The van der Waals surface area contributed by atoms with Gasteiger partial charge in [-0.15, -0.1) is 0 Å². The third kappa shape index (κ3) is 3.70. The molecule has 3 nitrogen and oxygen atoms in total. The van der Waals surface area contributed by atoms with Crippen molar-refractivity contribution in [3.63, 3.8) is 0 Å². The fraction of sp³-hybridized carbons (Fsp3) is 0.643. The molecule has 0 fully saturated rings. The molecule has 1 rings (SSSR count). The monoisotopic (exact) mass is 235 g/mol. The van der Waals surface area contributed by atoms with Crippen LogP contribution in [0.25, 0.3) is 0 Å². The third-order valence-corrected chi connectivity index (χ3v) is 3.03. The van der Waals surface area contributed by atoms with Gasteiger partial charge >= 0.3 is 0 Å². The van der Waals surface area contributed by atoms with Gasteiger partial charge in [0.05, 0.1) is 17.4 Å². The first kappa shape index (κ1) is 14.0. The number of aromatic nitrogens is 2. The van der Waals surface area contributed by atoms with Crippen LogP contribution >= 0.6 is 0 Å². The molecule has 1 aromatic rings. The van der Waals surface area contributed by atoms with Crippen LogP contribution in [0, 0.1) is 6.92 Å². The first-order valence-electron chi connectivity index (χ1n) is 6.56. The van der Waals surface area contributed by atoms with Gasteiger partial charge in [0.2, 0.25) is 0 Å². The Morgan fingerprint density at radius 2 is 2.18 bits per heavy atom. The van der Waals surface area contributed by atoms with Crippen LogP contribution in [0.2, 0.25) is 0 Å². The minimum Gasteiger partial charge on any atom is -0.309 e. The first-order chi connectivity index (χ1) is 8.12. The van der Waals surface area contributed by atoms with Crippen LogP contribution in [-0.4, -0.2) is 16.3 Å². The summed E-state index contributed by atoms with van der Waals surface area (Å²) in [5.41, 5.74) is 3.66. The summed E-state index contributed by atoms with van der Waals surface area (Å²) in [6.07, 6.45) is 2.04. The lowest BCUT2D eigenvalue weighted by Crippen LogP contribution is -2.24. The van der Waals surface area contributed by atoms with Crippen LogP contribution in [0.3, 0.4) is 0 Å². The van der Waals surface area contributed by atoms with Crippen molar-refractivity contribution in [1.29, 1.82) is 0 Å². The van der Waals surface area contributed by atoms with E-state index in [1.165, 1.54) is 11.3 Å². The molecule has 0 aliphatic heterocycles. The Morgan fingerprint density at radius 3 is 2.71 bits per heavy atom. The van der Waals surface area contributed by atoms with E-state index in [1.54, 1.807) is 0 Å². The van der Waals surface area contributed by atoms with Gasteiger partial charge in [0.1, 0.15) is 0 Å². The minimum absolute atomic E-state index is 0.341. The Balaban J connectivity index is 2.91. The van der Waals surface area contributed by atoms with E-state index in [-0.39, 0.29) is 0 Å². The van der Waals surface area contributed by atoms with E-state index in [1.807, 2.05) is 6.92 Å². The molecule has 0 radical (unpaired) electrons. The third-order valence-electron chi connectivity index (χ3n) is 3.03. The van der Waals surface area contributed by atoms with Crippen LogP contribution in [0.5, 0.6) is 0 Å². The molecule has 0 saturated carbocycles. The fourth-order valence-electron chi connectivity index (χ4n) is 2.06. The molecule has 0 saturated heterocycles. The SMILES string of the molecule is C=C(CC)CC(NCC)c1cc(C)nn1CC. The van der Waals surface area contributed by atoms with Crippen molar-refractivity contribution in [2.75, 3.05) is 6.54 Å². The first-order valence-corrected chi connectivity index (χ1v) is 6.56. The number of nitrogens with zero attached hydrogens (tertiary/aromatic N) is 2. The summed E-state index contributed by atoms with van der Waals surface area (Å²) in [6.45, 7) is 14.5. The average Bonchev–Trinajstić information content (AvgIpc) is 2.69. The summed E-state index contributed by atoms with van der Waals surface area (Å²) >= 11 is 0. The Labute approximate surface area is 105 Å². The standard InChI is InChI=1S/C14H25N3/c1-6-11(4)9-13(15-7-2)14-10-12(5)16-17(14)8-3/h10,13,15H,4,6-9H2,1-3,5H3. The Morgan fingerprint density at radius 1 is 1.47 bits per heavy atom. The van der Waals surface area contributed by atoms with E-state index in [0.29, 0.717) is 6.04 Å². The maximum atomic E-state index is 4.51. The number of hydrogen-bond donors (Lipinski definition) is 1. The summed E-state index contributed by atoms with van der Waals surface area (Å²) in [4.78, 5) is 0. The van der Waals surface area contributed by atoms with Gasteiger partial charge in [-0.1, -0.05) is 26.0 Å². The van der Waals surface area contributed by atoms with Crippen molar-refractivity contribution in [2.45, 2.75) is 53.1 Å². The second-order valence-corrected chi connectivity index (χ2v) is 4.44. The van der Waals surface area contributed by atoms with Crippen LogP contribution in [0.15, 0.2) is 18.2 Å². The number of hydrogen-bond acceptors (Lipinski definition) is 2. The smallest absolute Gasteiger partial charge is 0.0597 e. The van der Waals surface area contributed by atoms with Gasteiger partial charge in [-0.2, -0.15) is 5.10 Å². The second-order valence-electron chi connectivity index (χ2n) is 4.44.